The van der Waals surface area contributed by atoms with E-state index in [1.807, 2.05) is 6.07 Å². The zero-order chi connectivity index (χ0) is 10.6. The van der Waals surface area contributed by atoms with Crippen LogP contribution in [-0.2, 0) is 6.54 Å². The number of thiophene rings is 1. The monoisotopic (exact) mass is 208 g/mol. The Morgan fingerprint density at radius 1 is 1.57 bits per heavy atom. The molecule has 0 radical (unpaired) electrons. The maximum Gasteiger partial charge on any atom is 0.100 e. The molecule has 0 spiro atoms. The van der Waals surface area contributed by atoms with E-state index in [0.29, 0.717) is 0 Å². The van der Waals surface area contributed by atoms with Crippen LogP contribution in [0, 0.1) is 16.7 Å². The summed E-state index contributed by atoms with van der Waals surface area (Å²) in [5.74, 6) is 0. The molecule has 1 N–H and O–H groups in total. The Morgan fingerprint density at radius 3 is 2.71 bits per heavy atom. The molecule has 76 valence electrons. The van der Waals surface area contributed by atoms with Crippen LogP contribution in [0.1, 0.15) is 25.6 Å². The number of hydrogen-bond donors (Lipinski definition) is 1. The van der Waals surface area contributed by atoms with E-state index in [2.05, 4.69) is 43.6 Å². The molecule has 0 aliphatic rings. The molecular formula is C11H16N2S. The highest BCUT2D eigenvalue weighted by Crippen LogP contribution is 2.19. The summed E-state index contributed by atoms with van der Waals surface area (Å²) in [5.41, 5.74) is -0.00793. The maximum atomic E-state index is 8.98. The zero-order valence-corrected chi connectivity index (χ0v) is 9.69. The van der Waals surface area contributed by atoms with E-state index in [1.54, 1.807) is 11.3 Å². The normalized spacial score (nSPS) is 13.6. The van der Waals surface area contributed by atoms with Crippen molar-refractivity contribution in [3.63, 3.8) is 0 Å². The van der Waals surface area contributed by atoms with E-state index in [1.165, 1.54) is 4.88 Å². The molecule has 0 saturated carbocycles. The van der Waals surface area contributed by atoms with E-state index in [9.17, 15) is 0 Å². The first-order chi connectivity index (χ1) is 6.54. The van der Waals surface area contributed by atoms with Crippen molar-refractivity contribution in [3.05, 3.63) is 22.4 Å². The van der Waals surface area contributed by atoms with Crippen molar-refractivity contribution in [2.75, 3.05) is 0 Å². The van der Waals surface area contributed by atoms with Crippen LogP contribution >= 0.6 is 11.3 Å². The Balaban J connectivity index is 2.48. The van der Waals surface area contributed by atoms with Crippen molar-refractivity contribution < 1.29 is 0 Å². The van der Waals surface area contributed by atoms with Gasteiger partial charge in [0.25, 0.3) is 0 Å². The standard InChI is InChI=1S/C11H16N2S/c1-11(2,3)10(7-12)13-8-9-5-4-6-14-9/h4-6,10,13H,8H2,1-3H3. The molecule has 1 atom stereocenters. The highest BCUT2D eigenvalue weighted by atomic mass is 32.1. The van der Waals surface area contributed by atoms with Crippen molar-refractivity contribution in [2.45, 2.75) is 33.4 Å². The third kappa shape index (κ3) is 3.13. The van der Waals surface area contributed by atoms with Gasteiger partial charge in [-0.3, -0.25) is 5.32 Å². The Labute approximate surface area is 89.6 Å². The number of nitrogens with zero attached hydrogens (tertiary/aromatic N) is 1. The third-order valence-corrected chi connectivity index (χ3v) is 2.93. The van der Waals surface area contributed by atoms with Gasteiger partial charge in [-0.1, -0.05) is 26.8 Å². The second-order valence-corrected chi connectivity index (χ2v) is 5.42. The van der Waals surface area contributed by atoms with Crippen LogP contribution in [0.5, 0.6) is 0 Å². The molecular weight excluding hydrogens is 192 g/mol. The SMILES string of the molecule is CC(C)(C)C(C#N)NCc1cccs1. The van der Waals surface area contributed by atoms with Gasteiger partial charge in [-0.05, 0) is 16.9 Å². The Hall–Kier alpha value is -0.850. The second kappa shape index (κ2) is 4.59. The number of hydrogen-bond acceptors (Lipinski definition) is 3. The number of nitriles is 1. The first-order valence-corrected chi connectivity index (χ1v) is 5.57. The highest BCUT2D eigenvalue weighted by molar-refractivity contribution is 7.09. The van der Waals surface area contributed by atoms with Crippen molar-refractivity contribution in [3.8, 4) is 6.07 Å². The van der Waals surface area contributed by atoms with Gasteiger partial charge in [-0.2, -0.15) is 5.26 Å². The lowest BCUT2D eigenvalue weighted by atomic mass is 9.88. The van der Waals surface area contributed by atoms with Gasteiger partial charge in [0.05, 0.1) is 6.07 Å². The van der Waals surface area contributed by atoms with Crippen molar-refractivity contribution in [1.82, 2.24) is 5.32 Å². The Bertz CT molecular complexity index is 303. The molecule has 0 bridgehead atoms. The summed E-state index contributed by atoms with van der Waals surface area (Å²) in [6.07, 6.45) is 0. The molecule has 1 unspecified atom stereocenters. The van der Waals surface area contributed by atoms with Crippen LogP contribution in [0.4, 0.5) is 0 Å². The van der Waals surface area contributed by atoms with Gasteiger partial charge in [0.1, 0.15) is 6.04 Å². The van der Waals surface area contributed by atoms with Gasteiger partial charge in [0.15, 0.2) is 0 Å². The molecule has 0 saturated heterocycles. The fraction of sp³-hybridized carbons (Fsp3) is 0.545. The molecule has 0 amide bonds. The highest BCUT2D eigenvalue weighted by Gasteiger charge is 2.23. The summed E-state index contributed by atoms with van der Waals surface area (Å²) in [6.45, 7) is 7.00. The van der Waals surface area contributed by atoms with Crippen molar-refractivity contribution >= 4 is 11.3 Å². The molecule has 14 heavy (non-hydrogen) atoms. The minimum Gasteiger partial charge on any atom is -0.297 e. The lowest BCUT2D eigenvalue weighted by Crippen LogP contribution is -2.38. The van der Waals surface area contributed by atoms with Crippen LogP contribution in [0.15, 0.2) is 17.5 Å². The smallest absolute Gasteiger partial charge is 0.100 e. The van der Waals surface area contributed by atoms with Crippen LogP contribution in [0.25, 0.3) is 0 Å². The predicted octanol–water partition coefficient (Wildman–Crippen LogP) is 2.78. The van der Waals surface area contributed by atoms with Gasteiger partial charge in [-0.25, -0.2) is 0 Å². The molecule has 0 aliphatic heterocycles. The minimum absolute atomic E-state index is 0.00793. The Kier molecular flexibility index (Phi) is 3.68. The van der Waals surface area contributed by atoms with Crippen LogP contribution in [0.3, 0.4) is 0 Å². The molecule has 1 heterocycles. The summed E-state index contributed by atoms with van der Waals surface area (Å²) in [7, 11) is 0. The average molecular weight is 208 g/mol. The van der Waals surface area contributed by atoms with Crippen molar-refractivity contribution in [2.24, 2.45) is 5.41 Å². The van der Waals surface area contributed by atoms with E-state index in [4.69, 9.17) is 5.26 Å². The molecule has 0 aliphatic carbocycles. The summed E-state index contributed by atoms with van der Waals surface area (Å²) in [6, 6.07) is 6.31. The van der Waals surface area contributed by atoms with Crippen molar-refractivity contribution in [1.29, 1.82) is 5.26 Å². The van der Waals surface area contributed by atoms with Crippen LogP contribution in [-0.4, -0.2) is 6.04 Å². The fourth-order valence-electron chi connectivity index (χ4n) is 1.16. The summed E-state index contributed by atoms with van der Waals surface area (Å²) < 4.78 is 0. The average Bonchev–Trinajstić information content (AvgIpc) is 2.55. The van der Waals surface area contributed by atoms with Gasteiger partial charge in [0.2, 0.25) is 0 Å². The summed E-state index contributed by atoms with van der Waals surface area (Å²) in [4.78, 5) is 1.27. The summed E-state index contributed by atoms with van der Waals surface area (Å²) >= 11 is 1.71. The fourth-order valence-corrected chi connectivity index (χ4v) is 1.82. The molecule has 0 aromatic carbocycles. The first-order valence-electron chi connectivity index (χ1n) is 4.69. The minimum atomic E-state index is -0.0930. The van der Waals surface area contributed by atoms with Gasteiger partial charge < -0.3 is 0 Å². The van der Waals surface area contributed by atoms with E-state index >= 15 is 0 Å². The lowest BCUT2D eigenvalue weighted by Gasteiger charge is -2.25. The topological polar surface area (TPSA) is 35.8 Å². The van der Waals surface area contributed by atoms with E-state index in [0.717, 1.165) is 6.54 Å². The van der Waals surface area contributed by atoms with E-state index in [-0.39, 0.29) is 11.5 Å². The number of nitrogens with one attached hydrogen (secondary N) is 1. The Morgan fingerprint density at radius 2 is 2.29 bits per heavy atom. The molecule has 1 aromatic rings. The number of rotatable bonds is 3. The van der Waals surface area contributed by atoms with Crippen LogP contribution in [0.2, 0.25) is 0 Å². The zero-order valence-electron chi connectivity index (χ0n) is 8.87. The third-order valence-electron chi connectivity index (χ3n) is 2.06. The molecule has 3 heteroatoms. The van der Waals surface area contributed by atoms with Crippen LogP contribution < -0.4 is 5.32 Å². The first kappa shape index (κ1) is 11.2. The van der Waals surface area contributed by atoms with Gasteiger partial charge in [0, 0.05) is 11.4 Å². The predicted molar refractivity (Wildman–Crippen MR) is 60.0 cm³/mol. The second-order valence-electron chi connectivity index (χ2n) is 4.39. The maximum absolute atomic E-state index is 8.98. The van der Waals surface area contributed by atoms with E-state index < -0.39 is 0 Å². The lowest BCUT2D eigenvalue weighted by molar-refractivity contribution is 0.319. The summed E-state index contributed by atoms with van der Waals surface area (Å²) in [5, 5.41) is 14.3. The molecule has 2 nitrogen and oxygen atoms in total. The molecule has 1 rings (SSSR count). The van der Waals surface area contributed by atoms with Gasteiger partial charge in [-0.15, -0.1) is 11.3 Å². The van der Waals surface area contributed by atoms with Gasteiger partial charge >= 0.3 is 0 Å². The molecule has 1 aromatic heterocycles. The quantitative estimate of drug-likeness (QED) is 0.829. The molecule has 0 fully saturated rings. The largest absolute Gasteiger partial charge is 0.297 e.